The van der Waals surface area contributed by atoms with Gasteiger partial charge in [-0.15, -0.1) is 11.3 Å². The Morgan fingerprint density at radius 2 is 1.71 bits per heavy atom. The summed E-state index contributed by atoms with van der Waals surface area (Å²) < 4.78 is 1.25. The van der Waals surface area contributed by atoms with Crippen LogP contribution >= 0.6 is 11.3 Å². The van der Waals surface area contributed by atoms with Crippen molar-refractivity contribution >= 4 is 38.2 Å². The van der Waals surface area contributed by atoms with Crippen molar-refractivity contribution in [3.05, 3.63) is 77.3 Å². The topological polar surface area (TPSA) is 37.6 Å². The van der Waals surface area contributed by atoms with E-state index in [2.05, 4.69) is 30.3 Å². The van der Waals surface area contributed by atoms with Crippen LogP contribution in [0.25, 0.3) is 21.0 Å². The Hall–Kier alpha value is -2.76. The lowest BCUT2D eigenvalue weighted by Crippen LogP contribution is -3.13. The summed E-state index contributed by atoms with van der Waals surface area (Å²) in [7, 11) is 0. The molecule has 5 rings (SSSR count). The van der Waals surface area contributed by atoms with E-state index in [-0.39, 0.29) is 5.91 Å². The zero-order valence-electron chi connectivity index (χ0n) is 15.6. The van der Waals surface area contributed by atoms with Crippen LogP contribution < -0.4 is 4.90 Å². The zero-order chi connectivity index (χ0) is 18.9. The van der Waals surface area contributed by atoms with Crippen LogP contribution in [0.2, 0.25) is 0 Å². The molecule has 3 aromatic carbocycles. The summed E-state index contributed by atoms with van der Waals surface area (Å²) in [5.74, 6) is 0.143. The van der Waals surface area contributed by atoms with Crippen LogP contribution in [-0.4, -0.2) is 42.0 Å². The molecule has 2 heterocycles. The quantitative estimate of drug-likeness (QED) is 0.586. The van der Waals surface area contributed by atoms with Gasteiger partial charge in [-0.25, -0.2) is 4.98 Å². The first-order valence-corrected chi connectivity index (χ1v) is 10.5. The van der Waals surface area contributed by atoms with Gasteiger partial charge in [0.05, 0.1) is 36.4 Å². The number of quaternary nitrogens is 1. The van der Waals surface area contributed by atoms with Gasteiger partial charge < -0.3 is 9.80 Å². The molecule has 140 valence electrons. The Morgan fingerprint density at radius 3 is 2.54 bits per heavy atom. The summed E-state index contributed by atoms with van der Waals surface area (Å²) in [5, 5.41) is 3.48. The van der Waals surface area contributed by atoms with Gasteiger partial charge in [-0.2, -0.15) is 0 Å². The molecule has 1 saturated heterocycles. The smallest absolute Gasteiger partial charge is 0.254 e. The number of nitrogens with one attached hydrogen (secondary N) is 1. The van der Waals surface area contributed by atoms with Gasteiger partial charge in [0.1, 0.15) is 11.6 Å². The van der Waals surface area contributed by atoms with E-state index in [1.807, 2.05) is 41.3 Å². The second kappa shape index (κ2) is 7.34. The molecule has 0 saturated carbocycles. The van der Waals surface area contributed by atoms with Crippen molar-refractivity contribution in [3.63, 3.8) is 0 Å². The number of amides is 1. The van der Waals surface area contributed by atoms with Crippen LogP contribution in [0.5, 0.6) is 0 Å². The van der Waals surface area contributed by atoms with Crippen molar-refractivity contribution in [3.8, 4) is 0 Å². The van der Waals surface area contributed by atoms with Gasteiger partial charge in [0.2, 0.25) is 0 Å². The van der Waals surface area contributed by atoms with Crippen molar-refractivity contribution < 1.29 is 9.69 Å². The first kappa shape index (κ1) is 17.3. The summed E-state index contributed by atoms with van der Waals surface area (Å²) in [4.78, 5) is 21.2. The van der Waals surface area contributed by atoms with E-state index in [9.17, 15) is 4.79 Å². The molecule has 0 unspecified atom stereocenters. The molecule has 5 heteroatoms. The maximum Gasteiger partial charge on any atom is 0.254 e. The molecule has 1 amide bonds. The van der Waals surface area contributed by atoms with Gasteiger partial charge in [0.25, 0.3) is 5.91 Å². The molecule has 0 atom stereocenters. The number of rotatable bonds is 3. The molecular formula is C23H22N3OS+. The minimum Gasteiger partial charge on any atom is -0.327 e. The van der Waals surface area contributed by atoms with Gasteiger partial charge in [-0.3, -0.25) is 4.79 Å². The number of nitrogens with zero attached hydrogens (tertiary/aromatic N) is 2. The highest BCUT2D eigenvalue weighted by Gasteiger charge is 2.25. The zero-order valence-corrected chi connectivity index (χ0v) is 16.4. The van der Waals surface area contributed by atoms with E-state index in [0.717, 1.165) is 49.2 Å². The summed E-state index contributed by atoms with van der Waals surface area (Å²) >= 11 is 1.78. The number of piperazine rings is 1. The summed E-state index contributed by atoms with van der Waals surface area (Å²) in [6.45, 7) is 4.47. The van der Waals surface area contributed by atoms with Crippen molar-refractivity contribution in [2.75, 3.05) is 26.2 Å². The first-order valence-electron chi connectivity index (χ1n) is 9.72. The largest absolute Gasteiger partial charge is 0.327 e. The van der Waals surface area contributed by atoms with Crippen molar-refractivity contribution in [2.24, 2.45) is 0 Å². The average molecular weight is 389 g/mol. The fourth-order valence-corrected chi connectivity index (χ4v) is 4.96. The minimum absolute atomic E-state index is 0.143. The standard InChI is InChI=1S/C23H21N3OS/c27-23(19-10-9-17-5-1-2-6-18(17)15-19)26-13-11-25(12-14-26)16-22-24-20-7-3-4-8-21(20)28-22/h1-10,15H,11-14,16H2/p+1. The highest BCUT2D eigenvalue weighted by Crippen LogP contribution is 2.21. The van der Waals surface area contributed by atoms with Crippen molar-refractivity contribution in [1.29, 1.82) is 0 Å². The molecule has 1 N–H and O–H groups in total. The van der Waals surface area contributed by atoms with Crippen LogP contribution in [0.1, 0.15) is 15.4 Å². The fraction of sp³-hybridized carbons (Fsp3) is 0.217. The Labute approximate surface area is 168 Å². The van der Waals surface area contributed by atoms with E-state index in [1.54, 1.807) is 11.3 Å². The summed E-state index contributed by atoms with van der Waals surface area (Å²) in [5.41, 5.74) is 1.88. The number of para-hydroxylation sites is 1. The normalized spacial score (nSPS) is 15.4. The van der Waals surface area contributed by atoms with Crippen LogP contribution in [0.15, 0.2) is 66.7 Å². The van der Waals surface area contributed by atoms with Crippen LogP contribution in [0, 0.1) is 0 Å². The van der Waals surface area contributed by atoms with Gasteiger partial charge >= 0.3 is 0 Å². The minimum atomic E-state index is 0.143. The number of hydrogen-bond donors (Lipinski definition) is 1. The maximum atomic E-state index is 12.9. The molecule has 1 aliphatic rings. The lowest BCUT2D eigenvalue weighted by molar-refractivity contribution is -0.917. The molecular weight excluding hydrogens is 366 g/mol. The van der Waals surface area contributed by atoms with Crippen molar-refractivity contribution in [1.82, 2.24) is 9.88 Å². The van der Waals surface area contributed by atoms with Crippen LogP contribution in [0.3, 0.4) is 0 Å². The van der Waals surface area contributed by atoms with Crippen molar-refractivity contribution in [2.45, 2.75) is 6.54 Å². The molecule has 4 aromatic rings. The van der Waals surface area contributed by atoms with Gasteiger partial charge in [-0.05, 0) is 35.0 Å². The molecule has 0 spiro atoms. The Balaban J connectivity index is 1.24. The fourth-order valence-electron chi connectivity index (χ4n) is 3.92. The molecule has 0 bridgehead atoms. The van der Waals surface area contributed by atoms with Gasteiger partial charge in [0.15, 0.2) is 0 Å². The second-order valence-corrected chi connectivity index (χ2v) is 8.47. The third kappa shape index (κ3) is 3.39. The number of carbonyl (C=O) groups excluding carboxylic acids is 1. The van der Waals surface area contributed by atoms with E-state index in [4.69, 9.17) is 4.98 Å². The second-order valence-electron chi connectivity index (χ2n) is 7.36. The first-order chi connectivity index (χ1) is 13.8. The molecule has 0 aliphatic carbocycles. The highest BCUT2D eigenvalue weighted by atomic mass is 32.1. The number of hydrogen-bond acceptors (Lipinski definition) is 3. The van der Waals surface area contributed by atoms with Crippen LogP contribution in [-0.2, 0) is 6.54 Å². The lowest BCUT2D eigenvalue weighted by Gasteiger charge is -2.32. The third-order valence-electron chi connectivity index (χ3n) is 5.49. The number of carbonyl (C=O) groups is 1. The summed E-state index contributed by atoms with van der Waals surface area (Å²) in [6, 6.07) is 22.5. The molecule has 28 heavy (non-hydrogen) atoms. The third-order valence-corrected chi connectivity index (χ3v) is 6.53. The molecule has 4 nitrogen and oxygen atoms in total. The maximum absolute atomic E-state index is 12.9. The Morgan fingerprint density at radius 1 is 0.964 bits per heavy atom. The van der Waals surface area contributed by atoms with E-state index in [0.29, 0.717) is 0 Å². The molecule has 0 radical (unpaired) electrons. The number of benzene rings is 3. The molecule has 1 aliphatic heterocycles. The number of thiazole rings is 1. The predicted molar refractivity (Wildman–Crippen MR) is 114 cm³/mol. The Bertz CT molecular complexity index is 1110. The molecule has 1 fully saturated rings. The van der Waals surface area contributed by atoms with Gasteiger partial charge in [0, 0.05) is 5.56 Å². The Kier molecular flexibility index (Phi) is 4.55. The lowest BCUT2D eigenvalue weighted by atomic mass is 10.1. The number of aromatic nitrogens is 1. The molecule has 1 aromatic heterocycles. The van der Waals surface area contributed by atoms with Gasteiger partial charge in [-0.1, -0.05) is 42.5 Å². The predicted octanol–water partition coefficient (Wildman–Crippen LogP) is 2.99. The van der Waals surface area contributed by atoms with E-state index >= 15 is 0 Å². The highest BCUT2D eigenvalue weighted by molar-refractivity contribution is 7.18. The van der Waals surface area contributed by atoms with E-state index in [1.165, 1.54) is 20.0 Å². The average Bonchev–Trinajstić information content (AvgIpc) is 3.16. The SMILES string of the molecule is O=C(c1ccc2ccccc2c1)N1CC[NH+](Cc2nc3ccccc3s2)CC1. The monoisotopic (exact) mass is 388 g/mol. The van der Waals surface area contributed by atoms with Crippen LogP contribution in [0.4, 0.5) is 0 Å². The summed E-state index contributed by atoms with van der Waals surface area (Å²) in [6.07, 6.45) is 0. The number of fused-ring (bicyclic) bond motifs is 2. The van der Waals surface area contributed by atoms with E-state index < -0.39 is 0 Å².